The van der Waals surface area contributed by atoms with Crippen molar-refractivity contribution in [3.05, 3.63) is 47.7 Å². The molecular weight excluding hydrogens is 720 g/mol. The van der Waals surface area contributed by atoms with Gasteiger partial charge in [0.25, 0.3) is 0 Å². The van der Waals surface area contributed by atoms with Crippen LogP contribution >= 0.6 is 0 Å². The molecule has 4 aromatic rings. The lowest BCUT2D eigenvalue weighted by molar-refractivity contribution is -0.0679. The van der Waals surface area contributed by atoms with Crippen molar-refractivity contribution in [2.24, 2.45) is 11.3 Å². The highest BCUT2D eigenvalue weighted by atomic mass is 19.3. The van der Waals surface area contributed by atoms with Gasteiger partial charge in [0, 0.05) is 55.2 Å². The first-order valence-electron chi connectivity index (χ1n) is 18.2. The second-order valence-electron chi connectivity index (χ2n) is 15.4. The summed E-state index contributed by atoms with van der Waals surface area (Å²) < 4.78 is 83.9. The summed E-state index contributed by atoms with van der Waals surface area (Å²) in [5.74, 6) is 0.209. The Bertz CT molecular complexity index is 2110. The molecule has 6 rings (SSSR count). The van der Waals surface area contributed by atoms with Crippen LogP contribution in [0, 0.1) is 35.3 Å². The molecule has 294 valence electrons. The fraction of sp³-hybridized carbons (Fsp3) is 0.500. The third-order valence-electron chi connectivity index (χ3n) is 9.99. The molecule has 15 heteroatoms. The quantitative estimate of drug-likeness (QED) is 0.0952. The van der Waals surface area contributed by atoms with Crippen LogP contribution in [0.5, 0.6) is 11.8 Å². The maximum Gasteiger partial charge on any atom is 0.429 e. The van der Waals surface area contributed by atoms with Gasteiger partial charge in [0.15, 0.2) is 18.4 Å². The molecule has 2 aromatic heterocycles. The van der Waals surface area contributed by atoms with E-state index >= 15 is 8.78 Å². The van der Waals surface area contributed by atoms with E-state index in [0.717, 1.165) is 6.42 Å². The Kier molecular flexibility index (Phi) is 11.6. The molecule has 2 saturated heterocycles. The fourth-order valence-electron chi connectivity index (χ4n) is 7.42. The van der Waals surface area contributed by atoms with E-state index in [0.29, 0.717) is 37.9 Å². The minimum absolute atomic E-state index is 0.101. The first-order valence-corrected chi connectivity index (χ1v) is 18.2. The van der Waals surface area contributed by atoms with Gasteiger partial charge in [-0.15, -0.1) is 6.42 Å². The molecule has 2 fully saturated rings. The molecular formula is C40H46F4N6O5. The van der Waals surface area contributed by atoms with E-state index < -0.39 is 41.1 Å². The van der Waals surface area contributed by atoms with Crippen molar-refractivity contribution in [1.29, 1.82) is 0 Å². The summed E-state index contributed by atoms with van der Waals surface area (Å²) in [6.07, 6.45) is 6.32. The number of benzene rings is 2. The minimum atomic E-state index is -2.59. The summed E-state index contributed by atoms with van der Waals surface area (Å²) in [6, 6.07) is 5.55. The van der Waals surface area contributed by atoms with Gasteiger partial charge >= 0.3 is 12.1 Å². The monoisotopic (exact) mass is 766 g/mol. The van der Waals surface area contributed by atoms with Gasteiger partial charge in [-0.25, -0.2) is 27.4 Å². The highest BCUT2D eigenvalue weighted by Crippen LogP contribution is 2.42. The topological polar surface area (TPSA) is 102 Å². The van der Waals surface area contributed by atoms with Crippen molar-refractivity contribution in [1.82, 2.24) is 24.9 Å². The molecule has 0 N–H and O–H groups in total. The molecule has 0 aliphatic carbocycles. The predicted octanol–water partition coefficient (Wildman–Crippen LogP) is 7.83. The summed E-state index contributed by atoms with van der Waals surface area (Å²) in [5.41, 5.74) is -2.24. The second kappa shape index (κ2) is 16.0. The minimum Gasteiger partial charge on any atom is -0.468 e. The van der Waals surface area contributed by atoms with E-state index in [2.05, 4.69) is 15.9 Å². The van der Waals surface area contributed by atoms with Gasteiger partial charge in [-0.05, 0) is 83.6 Å². The molecule has 0 saturated carbocycles. The van der Waals surface area contributed by atoms with Gasteiger partial charge < -0.3 is 23.8 Å². The van der Waals surface area contributed by atoms with Crippen LogP contribution in [0.15, 0.2) is 30.5 Å². The normalized spacial score (nSPS) is 19.8. The Hall–Kier alpha value is -4.94. The Morgan fingerprint density at radius 2 is 1.85 bits per heavy atom. The lowest BCUT2D eigenvalue weighted by atomic mass is 9.73. The Labute approximate surface area is 317 Å². The molecule has 2 atom stereocenters. The molecule has 2 aliphatic rings. The summed E-state index contributed by atoms with van der Waals surface area (Å²) in [7, 11) is 3.31. The number of halogens is 4. The summed E-state index contributed by atoms with van der Waals surface area (Å²) in [4.78, 5) is 29.4. The van der Waals surface area contributed by atoms with E-state index in [1.54, 1.807) is 38.8 Å². The van der Waals surface area contributed by atoms with Gasteiger partial charge in [-0.1, -0.05) is 18.9 Å². The number of carbonyl (C=O) groups excluding carboxylic acids is 1. The lowest BCUT2D eigenvalue weighted by Crippen LogP contribution is -2.51. The average molecular weight is 767 g/mol. The number of hydrogen-bond acceptors (Lipinski definition) is 10. The molecule has 2 aromatic carbocycles. The number of pyridine rings is 1. The molecule has 1 amide bonds. The molecule has 2 aliphatic heterocycles. The van der Waals surface area contributed by atoms with Crippen molar-refractivity contribution >= 4 is 33.6 Å². The molecule has 0 bridgehead atoms. The SMILES string of the molecule is C#Cc1c(F)ccc2cc(OCOC)cc(-c3ncc4c(N5CCCCCN5C(=O)OC(C)(C)C)nc(OCC5(C)CN(C)CCC5C(F)F)nc4c3F)c12. The number of methoxy groups -OCH3 is 1. The van der Waals surface area contributed by atoms with Crippen molar-refractivity contribution < 1.29 is 41.3 Å². The number of fused-ring (bicyclic) bond motifs is 2. The maximum atomic E-state index is 17.3. The molecule has 4 heterocycles. The third kappa shape index (κ3) is 8.35. The van der Waals surface area contributed by atoms with E-state index in [9.17, 15) is 13.6 Å². The van der Waals surface area contributed by atoms with Crippen LogP contribution in [0.4, 0.5) is 28.2 Å². The predicted molar refractivity (Wildman–Crippen MR) is 200 cm³/mol. The summed E-state index contributed by atoms with van der Waals surface area (Å²) in [5, 5.41) is 3.85. The largest absolute Gasteiger partial charge is 0.468 e. The number of ether oxygens (including phenoxy) is 4. The van der Waals surface area contributed by atoms with Crippen LogP contribution in [0.3, 0.4) is 0 Å². The van der Waals surface area contributed by atoms with Crippen molar-refractivity contribution in [2.45, 2.75) is 65.4 Å². The van der Waals surface area contributed by atoms with Gasteiger partial charge in [-0.2, -0.15) is 9.97 Å². The van der Waals surface area contributed by atoms with Crippen LogP contribution < -0.4 is 14.5 Å². The number of aromatic nitrogens is 3. The van der Waals surface area contributed by atoms with Crippen LogP contribution in [-0.4, -0.2) is 96.7 Å². The summed E-state index contributed by atoms with van der Waals surface area (Å²) in [6.45, 7) is 8.11. The number of amides is 1. The molecule has 55 heavy (non-hydrogen) atoms. The first-order chi connectivity index (χ1) is 26.1. The van der Waals surface area contributed by atoms with Crippen LogP contribution in [0.1, 0.15) is 58.9 Å². The number of alkyl halides is 2. The van der Waals surface area contributed by atoms with E-state index in [1.807, 2.05) is 11.9 Å². The standard InChI is InChI=1S/C40H46F4N6O5/c1-8-26-30(41)13-12-24-18-25(54-23-52-7)19-27(31(24)26)33-32(42)34-28(20-45-33)36(49-15-10-9-11-16-50(49)38(51)55-39(2,3)4)47-37(46-34)53-22-40(5)21-48(6)17-14-29(40)35(43)44/h1,12-13,18-20,29,35H,9-11,14-17,21-23H2,2-7H3. The first kappa shape index (κ1) is 39.7. The number of carbonyl (C=O) groups is 1. The van der Waals surface area contributed by atoms with Crippen molar-refractivity contribution in [3.63, 3.8) is 0 Å². The fourth-order valence-corrected chi connectivity index (χ4v) is 7.42. The highest BCUT2D eigenvalue weighted by Gasteiger charge is 2.44. The highest BCUT2D eigenvalue weighted by molar-refractivity contribution is 6.03. The number of hydrazine groups is 1. The van der Waals surface area contributed by atoms with E-state index in [1.165, 1.54) is 36.5 Å². The van der Waals surface area contributed by atoms with Gasteiger partial charge in [0.05, 0.1) is 17.6 Å². The molecule has 0 spiro atoms. The number of hydrogen-bond donors (Lipinski definition) is 0. The van der Waals surface area contributed by atoms with Crippen LogP contribution in [0.2, 0.25) is 0 Å². The average Bonchev–Trinajstić information content (AvgIpc) is 3.39. The van der Waals surface area contributed by atoms with E-state index in [4.69, 9.17) is 30.4 Å². The number of anilines is 1. The number of nitrogens with zero attached hydrogens (tertiary/aromatic N) is 6. The van der Waals surface area contributed by atoms with Crippen LogP contribution in [-0.2, 0) is 9.47 Å². The number of piperidine rings is 1. The zero-order chi connectivity index (χ0) is 39.7. The Morgan fingerprint density at radius 3 is 2.56 bits per heavy atom. The molecule has 2 unspecified atom stereocenters. The number of rotatable bonds is 9. The summed E-state index contributed by atoms with van der Waals surface area (Å²) >= 11 is 0. The second-order valence-corrected chi connectivity index (χ2v) is 15.4. The zero-order valence-corrected chi connectivity index (χ0v) is 31.9. The molecule has 0 radical (unpaired) electrons. The maximum absolute atomic E-state index is 17.3. The zero-order valence-electron chi connectivity index (χ0n) is 31.9. The van der Waals surface area contributed by atoms with Gasteiger partial charge in [-0.3, -0.25) is 9.99 Å². The van der Waals surface area contributed by atoms with Crippen LogP contribution in [0.25, 0.3) is 32.9 Å². The Balaban J connectivity index is 1.56. The van der Waals surface area contributed by atoms with Crippen molar-refractivity contribution in [3.8, 4) is 35.4 Å². The lowest BCUT2D eigenvalue weighted by Gasteiger charge is -2.44. The Morgan fingerprint density at radius 1 is 1.09 bits per heavy atom. The third-order valence-corrected chi connectivity index (χ3v) is 9.99. The van der Waals surface area contributed by atoms with Crippen molar-refractivity contribution in [2.75, 3.05) is 58.7 Å². The molecule has 11 nitrogen and oxygen atoms in total. The number of terminal acetylenes is 1. The van der Waals surface area contributed by atoms with Gasteiger partial charge in [0.1, 0.15) is 28.4 Å². The number of likely N-dealkylation sites (tertiary alicyclic amines) is 1. The van der Waals surface area contributed by atoms with E-state index in [-0.39, 0.29) is 77.1 Å². The van der Waals surface area contributed by atoms with Gasteiger partial charge in [0.2, 0.25) is 6.43 Å². The smallest absolute Gasteiger partial charge is 0.429 e.